The Morgan fingerprint density at radius 3 is 2.79 bits per heavy atom. The van der Waals surface area contributed by atoms with Crippen LogP contribution in [-0.4, -0.2) is 20.5 Å². The lowest BCUT2D eigenvalue weighted by Gasteiger charge is -2.03. The number of carbonyl (C=O) groups excluding carboxylic acids is 1. The van der Waals surface area contributed by atoms with Crippen LogP contribution in [-0.2, 0) is 13.0 Å². The molecule has 0 radical (unpaired) electrons. The van der Waals surface area contributed by atoms with Gasteiger partial charge in [0.2, 0.25) is 4.96 Å². The summed E-state index contributed by atoms with van der Waals surface area (Å²) in [4.78, 5) is 29.6. The maximum Gasteiger partial charge on any atom is 0.296 e. The fourth-order valence-electron chi connectivity index (χ4n) is 2.73. The van der Waals surface area contributed by atoms with Gasteiger partial charge in [0.25, 0.3) is 11.5 Å². The molecule has 0 aliphatic carbocycles. The molecule has 0 aliphatic heterocycles. The number of thiazole rings is 1. The smallest absolute Gasteiger partial charge is 0.296 e. The number of hydrogen-bond acceptors (Lipinski definition) is 6. The zero-order valence-corrected chi connectivity index (χ0v) is 15.6. The molecule has 0 atom stereocenters. The summed E-state index contributed by atoms with van der Waals surface area (Å²) in [6, 6.07) is 9.36. The summed E-state index contributed by atoms with van der Waals surface area (Å²) >= 11 is 1.10. The molecule has 4 aromatic rings. The Balaban J connectivity index is 1.62. The molecular weight excluding hydrogens is 383 g/mol. The van der Waals surface area contributed by atoms with E-state index in [9.17, 15) is 14.0 Å². The Hall–Kier alpha value is -3.33. The Morgan fingerprint density at radius 1 is 1.29 bits per heavy atom. The normalized spacial score (nSPS) is 11.1. The van der Waals surface area contributed by atoms with Crippen LogP contribution < -0.4 is 10.9 Å². The number of nitrogens with one attached hydrogen (secondary N) is 1. The number of carbonyl (C=O) groups is 1. The summed E-state index contributed by atoms with van der Waals surface area (Å²) < 4.78 is 19.8. The molecule has 0 saturated heterocycles. The number of benzene rings is 1. The van der Waals surface area contributed by atoms with E-state index in [1.165, 1.54) is 22.9 Å². The summed E-state index contributed by atoms with van der Waals surface area (Å²) in [6.45, 7) is 2.00. The fraction of sp³-hybridized carbons (Fsp3) is 0.158. The van der Waals surface area contributed by atoms with Gasteiger partial charge in [0.1, 0.15) is 22.1 Å². The lowest BCUT2D eigenvalue weighted by atomic mass is 10.1. The number of hydrogen-bond donors (Lipinski definition) is 1. The number of amides is 1. The average molecular weight is 398 g/mol. The van der Waals surface area contributed by atoms with E-state index in [0.29, 0.717) is 21.3 Å². The molecular formula is C19H15FN4O3S. The monoisotopic (exact) mass is 398 g/mol. The van der Waals surface area contributed by atoms with Crippen molar-refractivity contribution < 1.29 is 13.6 Å². The van der Waals surface area contributed by atoms with Crippen molar-refractivity contribution in [3.8, 4) is 0 Å². The number of furan rings is 1. The second kappa shape index (κ2) is 7.35. The van der Waals surface area contributed by atoms with Crippen LogP contribution in [0.5, 0.6) is 0 Å². The van der Waals surface area contributed by atoms with Crippen LogP contribution in [0.1, 0.15) is 32.4 Å². The second-order valence-corrected chi connectivity index (χ2v) is 7.12. The summed E-state index contributed by atoms with van der Waals surface area (Å²) in [5.41, 5.74) is 1.10. The van der Waals surface area contributed by atoms with Crippen molar-refractivity contribution in [2.75, 3.05) is 0 Å². The number of halogens is 1. The van der Waals surface area contributed by atoms with Crippen LogP contribution in [0, 0.1) is 12.7 Å². The summed E-state index contributed by atoms with van der Waals surface area (Å²) in [5.74, 6) is -0.000862. The second-order valence-electron chi connectivity index (χ2n) is 6.14. The maximum atomic E-state index is 13.1. The van der Waals surface area contributed by atoms with Gasteiger partial charge in [-0.05, 0) is 36.8 Å². The van der Waals surface area contributed by atoms with Crippen molar-refractivity contribution in [3.05, 3.63) is 86.4 Å². The highest BCUT2D eigenvalue weighted by Crippen LogP contribution is 2.20. The average Bonchev–Trinajstić information content (AvgIpc) is 3.31. The van der Waals surface area contributed by atoms with Crippen LogP contribution in [0.25, 0.3) is 4.96 Å². The highest BCUT2D eigenvalue weighted by Gasteiger charge is 2.19. The third-order valence-corrected chi connectivity index (χ3v) is 5.31. The molecule has 0 unspecified atom stereocenters. The summed E-state index contributed by atoms with van der Waals surface area (Å²) in [7, 11) is 0. The molecule has 4 rings (SSSR count). The number of aromatic nitrogens is 3. The first kappa shape index (κ1) is 18.1. The van der Waals surface area contributed by atoms with E-state index >= 15 is 0 Å². The lowest BCUT2D eigenvalue weighted by molar-refractivity contribution is 0.0951. The first-order chi connectivity index (χ1) is 13.5. The number of fused-ring (bicyclic) bond motifs is 1. The van der Waals surface area contributed by atoms with Crippen LogP contribution in [0.3, 0.4) is 0 Å². The Morgan fingerprint density at radius 2 is 2.07 bits per heavy atom. The molecule has 142 valence electrons. The molecule has 0 saturated carbocycles. The van der Waals surface area contributed by atoms with Crippen molar-refractivity contribution in [3.63, 3.8) is 0 Å². The first-order valence-corrected chi connectivity index (χ1v) is 9.27. The molecule has 9 heteroatoms. The van der Waals surface area contributed by atoms with E-state index in [-0.39, 0.29) is 30.4 Å². The van der Waals surface area contributed by atoms with Crippen LogP contribution >= 0.6 is 11.3 Å². The van der Waals surface area contributed by atoms with Crippen molar-refractivity contribution in [1.29, 1.82) is 0 Å². The van der Waals surface area contributed by atoms with Gasteiger partial charge in [0, 0.05) is 6.42 Å². The molecule has 0 fully saturated rings. The van der Waals surface area contributed by atoms with Crippen molar-refractivity contribution in [1.82, 2.24) is 19.9 Å². The maximum absolute atomic E-state index is 13.1. The van der Waals surface area contributed by atoms with Crippen molar-refractivity contribution in [2.45, 2.75) is 19.9 Å². The van der Waals surface area contributed by atoms with Gasteiger partial charge in [-0.25, -0.2) is 8.91 Å². The van der Waals surface area contributed by atoms with Gasteiger partial charge in [-0.15, -0.1) is 0 Å². The molecule has 1 aromatic carbocycles. The number of nitrogens with zero attached hydrogens (tertiary/aromatic N) is 3. The number of rotatable bonds is 5. The largest absolute Gasteiger partial charge is 0.467 e. The van der Waals surface area contributed by atoms with Gasteiger partial charge in [0.15, 0.2) is 0 Å². The quantitative estimate of drug-likeness (QED) is 0.558. The van der Waals surface area contributed by atoms with Crippen LogP contribution in [0.15, 0.2) is 51.9 Å². The van der Waals surface area contributed by atoms with Gasteiger partial charge in [-0.2, -0.15) is 10.1 Å². The molecule has 3 aromatic heterocycles. The fourth-order valence-corrected chi connectivity index (χ4v) is 3.70. The summed E-state index contributed by atoms with van der Waals surface area (Å²) in [5, 5.41) is 7.14. The minimum atomic E-state index is -0.465. The lowest BCUT2D eigenvalue weighted by Crippen LogP contribution is -2.22. The molecule has 1 amide bonds. The van der Waals surface area contributed by atoms with E-state index in [0.717, 1.165) is 16.9 Å². The minimum Gasteiger partial charge on any atom is -0.467 e. The molecule has 3 heterocycles. The Labute approximate surface area is 162 Å². The highest BCUT2D eigenvalue weighted by molar-refractivity contribution is 7.19. The predicted molar refractivity (Wildman–Crippen MR) is 101 cm³/mol. The van der Waals surface area contributed by atoms with Gasteiger partial charge in [-0.1, -0.05) is 23.5 Å². The highest BCUT2D eigenvalue weighted by atomic mass is 32.1. The Bertz CT molecular complexity index is 1200. The molecule has 0 spiro atoms. The van der Waals surface area contributed by atoms with Crippen molar-refractivity contribution in [2.24, 2.45) is 0 Å². The van der Waals surface area contributed by atoms with E-state index in [1.54, 1.807) is 31.2 Å². The Kier molecular flexibility index (Phi) is 4.74. The van der Waals surface area contributed by atoms with Gasteiger partial charge >= 0.3 is 0 Å². The SMILES string of the molecule is Cc1c(C(=O)NCc2ccco2)sc2nc(=O)c(Cc3ccc(F)cc3)nn12. The van der Waals surface area contributed by atoms with Gasteiger partial charge < -0.3 is 9.73 Å². The van der Waals surface area contributed by atoms with Crippen molar-refractivity contribution >= 4 is 22.2 Å². The molecule has 28 heavy (non-hydrogen) atoms. The molecule has 1 N–H and O–H groups in total. The zero-order chi connectivity index (χ0) is 19.7. The predicted octanol–water partition coefficient (Wildman–Crippen LogP) is 2.71. The van der Waals surface area contributed by atoms with E-state index in [2.05, 4.69) is 15.4 Å². The third-order valence-electron chi connectivity index (χ3n) is 4.18. The molecule has 0 aliphatic rings. The summed E-state index contributed by atoms with van der Waals surface area (Å²) in [6.07, 6.45) is 1.76. The molecule has 0 bridgehead atoms. The minimum absolute atomic E-state index is 0.227. The van der Waals surface area contributed by atoms with Gasteiger partial charge in [-0.3, -0.25) is 9.59 Å². The van der Waals surface area contributed by atoms with E-state index in [1.807, 2.05) is 0 Å². The van der Waals surface area contributed by atoms with E-state index < -0.39 is 5.56 Å². The van der Waals surface area contributed by atoms with Crippen LogP contribution in [0.4, 0.5) is 4.39 Å². The van der Waals surface area contributed by atoms with Crippen LogP contribution in [0.2, 0.25) is 0 Å². The first-order valence-electron chi connectivity index (χ1n) is 8.45. The topological polar surface area (TPSA) is 89.5 Å². The third kappa shape index (κ3) is 3.56. The number of aryl methyl sites for hydroxylation is 1. The standard InChI is InChI=1S/C19H15FN4O3S/c1-11-16(18(26)21-10-14-3-2-8-27-14)28-19-22-17(25)15(23-24(11)19)9-12-4-6-13(20)7-5-12/h2-8H,9-10H2,1H3,(H,21,26). The zero-order valence-electron chi connectivity index (χ0n) is 14.8. The molecule has 7 nitrogen and oxygen atoms in total. The van der Waals surface area contributed by atoms with E-state index in [4.69, 9.17) is 4.42 Å². The van der Waals surface area contributed by atoms with Gasteiger partial charge in [0.05, 0.1) is 18.5 Å².